The molecule has 0 amide bonds. The number of rotatable bonds is 4. The van der Waals surface area contributed by atoms with Gasteiger partial charge in [-0.3, -0.25) is 9.00 Å². The summed E-state index contributed by atoms with van der Waals surface area (Å²) in [4.78, 5) is 13.9. The van der Waals surface area contributed by atoms with E-state index in [-0.39, 0.29) is 10.3 Å². The predicted molar refractivity (Wildman–Crippen MR) is 117 cm³/mol. The minimum absolute atomic E-state index is 0.0423. The molecule has 2 N–H and O–H groups in total. The molecule has 30 heavy (non-hydrogen) atoms. The summed E-state index contributed by atoms with van der Waals surface area (Å²) in [6.07, 6.45) is 1.56. The van der Waals surface area contributed by atoms with Gasteiger partial charge in [0.05, 0.1) is 15.8 Å². The number of primary sulfonamides is 1. The smallest absolute Gasteiger partial charge is 0.238 e. The zero-order valence-electron chi connectivity index (χ0n) is 15.9. The Morgan fingerprint density at radius 1 is 0.900 bits per heavy atom. The third-order valence-corrected chi connectivity index (χ3v) is 6.54. The zero-order valence-corrected chi connectivity index (χ0v) is 17.5. The van der Waals surface area contributed by atoms with Gasteiger partial charge in [0.2, 0.25) is 15.5 Å². The van der Waals surface area contributed by atoms with Crippen molar-refractivity contribution in [2.75, 3.05) is 6.26 Å². The molecule has 0 aliphatic carbocycles. The monoisotopic (exact) mass is 439 g/mol. The Bertz CT molecular complexity index is 1460. The molecule has 0 spiro atoms. The average Bonchev–Trinajstić information content (AvgIpc) is 2.73. The highest BCUT2D eigenvalue weighted by Gasteiger charge is 2.19. The van der Waals surface area contributed by atoms with Gasteiger partial charge in [-0.25, -0.2) is 13.6 Å². The van der Waals surface area contributed by atoms with Gasteiger partial charge >= 0.3 is 0 Å². The SMILES string of the molecule is CS(=O)c1cccc(-c2c(-c3ccc(S(N)(=O)=O)cc3)oc3ccccc3c2=O)c1. The summed E-state index contributed by atoms with van der Waals surface area (Å²) >= 11 is 0. The van der Waals surface area contributed by atoms with Crippen molar-refractivity contribution in [3.8, 4) is 22.5 Å². The van der Waals surface area contributed by atoms with E-state index in [2.05, 4.69) is 0 Å². The molecule has 0 fully saturated rings. The molecule has 4 rings (SSSR count). The van der Waals surface area contributed by atoms with Gasteiger partial charge in [0.25, 0.3) is 0 Å². The second kappa shape index (κ2) is 7.64. The van der Waals surface area contributed by atoms with Crippen LogP contribution in [0.25, 0.3) is 33.4 Å². The van der Waals surface area contributed by atoms with Crippen LogP contribution in [-0.2, 0) is 20.8 Å². The van der Waals surface area contributed by atoms with E-state index in [9.17, 15) is 17.4 Å². The Morgan fingerprint density at radius 3 is 2.27 bits per heavy atom. The van der Waals surface area contributed by atoms with Gasteiger partial charge in [0.15, 0.2) is 0 Å². The minimum Gasteiger partial charge on any atom is -0.455 e. The van der Waals surface area contributed by atoms with E-state index in [0.29, 0.717) is 38.3 Å². The number of nitrogens with two attached hydrogens (primary N) is 1. The fourth-order valence-electron chi connectivity index (χ4n) is 3.23. The topological polar surface area (TPSA) is 107 Å². The van der Waals surface area contributed by atoms with Gasteiger partial charge in [0.1, 0.15) is 11.3 Å². The van der Waals surface area contributed by atoms with Crippen LogP contribution in [-0.4, -0.2) is 18.9 Å². The van der Waals surface area contributed by atoms with Gasteiger partial charge in [-0.05, 0) is 54.1 Å². The van der Waals surface area contributed by atoms with Gasteiger partial charge < -0.3 is 4.42 Å². The maximum Gasteiger partial charge on any atom is 0.238 e. The lowest BCUT2D eigenvalue weighted by molar-refractivity contribution is 0.597. The number of benzene rings is 3. The van der Waals surface area contributed by atoms with Crippen molar-refractivity contribution in [1.82, 2.24) is 0 Å². The average molecular weight is 440 g/mol. The van der Waals surface area contributed by atoms with E-state index in [1.54, 1.807) is 54.8 Å². The molecule has 4 aromatic rings. The molecule has 1 heterocycles. The van der Waals surface area contributed by atoms with E-state index in [1.165, 1.54) is 24.3 Å². The molecule has 1 aromatic heterocycles. The first kappa shape index (κ1) is 20.2. The molecule has 1 atom stereocenters. The van der Waals surface area contributed by atoms with E-state index < -0.39 is 20.8 Å². The van der Waals surface area contributed by atoms with Crippen LogP contribution < -0.4 is 10.6 Å². The lowest BCUT2D eigenvalue weighted by Crippen LogP contribution is -2.12. The summed E-state index contributed by atoms with van der Waals surface area (Å²) in [5.74, 6) is 0.290. The zero-order chi connectivity index (χ0) is 21.5. The first-order chi connectivity index (χ1) is 14.3. The quantitative estimate of drug-likeness (QED) is 0.524. The normalized spacial score (nSPS) is 12.7. The van der Waals surface area contributed by atoms with E-state index >= 15 is 0 Å². The molecule has 6 nitrogen and oxygen atoms in total. The predicted octanol–water partition coefficient (Wildman–Crippen LogP) is 3.51. The Labute approximate surface area is 175 Å². The van der Waals surface area contributed by atoms with Crippen molar-refractivity contribution in [2.45, 2.75) is 9.79 Å². The summed E-state index contributed by atoms with van der Waals surface area (Å²) in [6.45, 7) is 0. The molecule has 8 heteroatoms. The Balaban J connectivity index is 2.04. The highest BCUT2D eigenvalue weighted by Crippen LogP contribution is 2.33. The van der Waals surface area contributed by atoms with E-state index in [4.69, 9.17) is 9.56 Å². The second-order valence-corrected chi connectivity index (χ2v) is 9.62. The largest absolute Gasteiger partial charge is 0.455 e. The number of hydrogen-bond acceptors (Lipinski definition) is 5. The molecule has 0 saturated heterocycles. The Kier molecular flexibility index (Phi) is 5.15. The number of para-hydroxylation sites is 1. The maximum atomic E-state index is 13.4. The summed E-state index contributed by atoms with van der Waals surface area (Å²) in [6, 6.07) is 19.6. The van der Waals surface area contributed by atoms with Crippen LogP contribution in [0.15, 0.2) is 91.8 Å². The van der Waals surface area contributed by atoms with Crippen LogP contribution in [0, 0.1) is 0 Å². The van der Waals surface area contributed by atoms with Crippen molar-refractivity contribution in [3.63, 3.8) is 0 Å². The first-order valence-corrected chi connectivity index (χ1v) is 12.0. The molecule has 0 aliphatic heterocycles. The highest BCUT2D eigenvalue weighted by atomic mass is 32.2. The third-order valence-electron chi connectivity index (χ3n) is 4.70. The maximum absolute atomic E-state index is 13.4. The summed E-state index contributed by atoms with van der Waals surface area (Å²) in [5.41, 5.74) is 1.56. The molecule has 152 valence electrons. The summed E-state index contributed by atoms with van der Waals surface area (Å²) in [5, 5.41) is 5.60. The molecule has 0 aliphatic rings. The number of fused-ring (bicyclic) bond motifs is 1. The molecular weight excluding hydrogens is 422 g/mol. The summed E-state index contributed by atoms with van der Waals surface area (Å²) in [7, 11) is -5.07. The molecule has 0 bridgehead atoms. The first-order valence-electron chi connectivity index (χ1n) is 8.88. The molecule has 1 unspecified atom stereocenters. The minimum atomic E-state index is -3.85. The van der Waals surface area contributed by atoms with Crippen LogP contribution in [0.4, 0.5) is 0 Å². The molecule has 3 aromatic carbocycles. The van der Waals surface area contributed by atoms with Gasteiger partial charge in [0, 0.05) is 27.5 Å². The van der Waals surface area contributed by atoms with Crippen molar-refractivity contribution < 1.29 is 17.0 Å². The lowest BCUT2D eigenvalue weighted by atomic mass is 9.98. The van der Waals surface area contributed by atoms with Crippen molar-refractivity contribution in [3.05, 3.63) is 83.0 Å². The van der Waals surface area contributed by atoms with Gasteiger partial charge in [-0.2, -0.15) is 0 Å². The van der Waals surface area contributed by atoms with Crippen LogP contribution in [0.3, 0.4) is 0 Å². The second-order valence-electron chi connectivity index (χ2n) is 6.68. The Hall–Kier alpha value is -3.07. The van der Waals surface area contributed by atoms with Crippen molar-refractivity contribution in [1.29, 1.82) is 0 Å². The van der Waals surface area contributed by atoms with Crippen molar-refractivity contribution in [2.24, 2.45) is 5.14 Å². The van der Waals surface area contributed by atoms with Gasteiger partial charge in [-0.1, -0.05) is 24.3 Å². The fraction of sp³-hybridized carbons (Fsp3) is 0.0455. The van der Waals surface area contributed by atoms with Crippen LogP contribution >= 0.6 is 0 Å². The summed E-state index contributed by atoms with van der Waals surface area (Å²) < 4.78 is 41.2. The van der Waals surface area contributed by atoms with Crippen LogP contribution in [0.5, 0.6) is 0 Å². The van der Waals surface area contributed by atoms with Crippen LogP contribution in [0.2, 0.25) is 0 Å². The third kappa shape index (κ3) is 3.72. The standard InChI is InChI=1S/C22H17NO5S2/c1-29(25)16-6-4-5-15(13-16)20-21(24)18-7-2-3-8-19(18)28-22(20)14-9-11-17(12-10-14)30(23,26)27/h2-13H,1H3,(H2,23,26,27). The van der Waals surface area contributed by atoms with Gasteiger partial charge in [-0.15, -0.1) is 0 Å². The number of sulfonamides is 1. The number of hydrogen-bond donors (Lipinski definition) is 1. The molecule has 0 radical (unpaired) electrons. The molecular formula is C22H17NO5S2. The van der Waals surface area contributed by atoms with Crippen LogP contribution in [0.1, 0.15) is 0 Å². The lowest BCUT2D eigenvalue weighted by Gasteiger charge is -2.12. The van der Waals surface area contributed by atoms with Crippen molar-refractivity contribution >= 4 is 31.8 Å². The Morgan fingerprint density at radius 2 is 1.60 bits per heavy atom. The molecule has 0 saturated carbocycles. The highest BCUT2D eigenvalue weighted by molar-refractivity contribution is 7.89. The van der Waals surface area contributed by atoms with E-state index in [0.717, 1.165) is 0 Å². The fourth-order valence-corrected chi connectivity index (χ4v) is 4.31. The van der Waals surface area contributed by atoms with E-state index in [1.807, 2.05) is 0 Å².